The molecular weight excluding hydrogens is 453 g/mol. The molecule has 2 aromatic rings. The normalized spacial score (nSPS) is 16.7. The smallest absolute Gasteiger partial charge is 0.253 e. The van der Waals surface area contributed by atoms with Gasteiger partial charge in [-0.05, 0) is 61.1 Å². The lowest BCUT2D eigenvalue weighted by Crippen LogP contribution is -2.48. The SMILES string of the molecule is CSCCC(NC(=O)c1ccc(Cl)cc1Cl)C(=O)NCC1CCN(c2ccccc2)C1. The molecule has 1 saturated heterocycles. The van der Waals surface area contributed by atoms with E-state index in [-0.39, 0.29) is 16.8 Å². The van der Waals surface area contributed by atoms with Crippen LogP contribution in [-0.4, -0.2) is 49.5 Å². The summed E-state index contributed by atoms with van der Waals surface area (Å²) in [5, 5.41) is 6.60. The van der Waals surface area contributed by atoms with Crippen LogP contribution in [0.5, 0.6) is 0 Å². The van der Waals surface area contributed by atoms with Crippen molar-refractivity contribution < 1.29 is 9.59 Å². The Hall–Kier alpha value is -1.89. The number of para-hydroxylation sites is 1. The Morgan fingerprint density at radius 1 is 1.19 bits per heavy atom. The summed E-state index contributed by atoms with van der Waals surface area (Å²) < 4.78 is 0. The summed E-state index contributed by atoms with van der Waals surface area (Å²) in [7, 11) is 0. The van der Waals surface area contributed by atoms with Crippen molar-refractivity contribution in [3.05, 3.63) is 64.1 Å². The van der Waals surface area contributed by atoms with Gasteiger partial charge in [0.05, 0.1) is 10.6 Å². The first-order valence-corrected chi connectivity index (χ1v) is 12.5. The highest BCUT2D eigenvalue weighted by Gasteiger charge is 2.26. The molecule has 0 spiro atoms. The van der Waals surface area contributed by atoms with Crippen molar-refractivity contribution >= 4 is 52.5 Å². The first-order chi connectivity index (χ1) is 15.0. The first kappa shape index (κ1) is 23.8. The second-order valence-electron chi connectivity index (χ2n) is 7.61. The molecule has 0 aromatic heterocycles. The van der Waals surface area contributed by atoms with E-state index in [0.717, 1.165) is 25.3 Å². The van der Waals surface area contributed by atoms with Crippen LogP contribution in [0.3, 0.4) is 0 Å². The highest BCUT2D eigenvalue weighted by Crippen LogP contribution is 2.23. The van der Waals surface area contributed by atoms with Crippen LogP contribution in [0.1, 0.15) is 23.2 Å². The third-order valence-corrected chi connectivity index (χ3v) is 6.57. The number of nitrogens with zero attached hydrogens (tertiary/aromatic N) is 1. The van der Waals surface area contributed by atoms with Crippen LogP contribution in [0.15, 0.2) is 48.5 Å². The topological polar surface area (TPSA) is 61.4 Å². The molecule has 1 heterocycles. The standard InChI is InChI=1S/C23H27Cl2N3O2S/c1-31-12-10-21(27-22(29)19-8-7-17(24)13-20(19)25)23(30)26-14-16-9-11-28(15-16)18-5-3-2-4-6-18/h2-8,13,16,21H,9-12,14-15H2,1H3,(H,26,30)(H,27,29). The highest BCUT2D eigenvalue weighted by molar-refractivity contribution is 7.98. The minimum absolute atomic E-state index is 0.161. The molecule has 1 aliphatic heterocycles. The van der Waals surface area contributed by atoms with E-state index in [1.807, 2.05) is 24.5 Å². The molecule has 2 atom stereocenters. The van der Waals surface area contributed by atoms with Crippen molar-refractivity contribution in [3.63, 3.8) is 0 Å². The maximum atomic E-state index is 12.9. The van der Waals surface area contributed by atoms with Gasteiger partial charge in [0.1, 0.15) is 6.04 Å². The Morgan fingerprint density at radius 3 is 2.68 bits per heavy atom. The number of amides is 2. The Bertz CT molecular complexity index is 898. The number of nitrogens with one attached hydrogen (secondary N) is 2. The number of hydrogen-bond donors (Lipinski definition) is 2. The molecule has 166 valence electrons. The van der Waals surface area contributed by atoms with Crippen LogP contribution in [0.25, 0.3) is 0 Å². The monoisotopic (exact) mass is 479 g/mol. The average Bonchev–Trinajstić information content (AvgIpc) is 3.24. The minimum Gasteiger partial charge on any atom is -0.371 e. The largest absolute Gasteiger partial charge is 0.371 e. The third kappa shape index (κ3) is 6.79. The Labute approximate surface area is 197 Å². The van der Waals surface area contributed by atoms with Crippen LogP contribution in [0, 0.1) is 5.92 Å². The molecule has 1 fully saturated rings. The molecule has 2 amide bonds. The lowest BCUT2D eigenvalue weighted by atomic mass is 10.1. The van der Waals surface area contributed by atoms with E-state index in [0.29, 0.717) is 29.5 Å². The third-order valence-electron chi connectivity index (χ3n) is 5.38. The zero-order chi connectivity index (χ0) is 22.2. The molecule has 2 unspecified atom stereocenters. The van der Waals surface area contributed by atoms with Crippen LogP contribution in [-0.2, 0) is 4.79 Å². The number of hydrogen-bond acceptors (Lipinski definition) is 4. The van der Waals surface area contributed by atoms with Gasteiger partial charge < -0.3 is 15.5 Å². The summed E-state index contributed by atoms with van der Waals surface area (Å²) in [6.45, 7) is 2.48. The van der Waals surface area contributed by atoms with Gasteiger partial charge in [-0.3, -0.25) is 9.59 Å². The van der Waals surface area contributed by atoms with E-state index in [4.69, 9.17) is 23.2 Å². The fourth-order valence-corrected chi connectivity index (χ4v) is 4.62. The number of benzene rings is 2. The maximum Gasteiger partial charge on any atom is 0.253 e. The summed E-state index contributed by atoms with van der Waals surface area (Å²) in [5.41, 5.74) is 1.52. The summed E-state index contributed by atoms with van der Waals surface area (Å²) in [6.07, 6.45) is 3.55. The van der Waals surface area contributed by atoms with E-state index >= 15 is 0 Å². The second kappa shape index (κ2) is 11.7. The van der Waals surface area contributed by atoms with E-state index in [1.54, 1.807) is 23.9 Å². The van der Waals surface area contributed by atoms with Crippen molar-refractivity contribution in [2.75, 3.05) is 36.5 Å². The van der Waals surface area contributed by atoms with Crippen molar-refractivity contribution in [2.24, 2.45) is 5.92 Å². The van der Waals surface area contributed by atoms with Gasteiger partial charge in [-0.15, -0.1) is 0 Å². The fourth-order valence-electron chi connectivity index (χ4n) is 3.65. The van der Waals surface area contributed by atoms with Crippen molar-refractivity contribution in [2.45, 2.75) is 18.9 Å². The van der Waals surface area contributed by atoms with Crippen molar-refractivity contribution in [1.29, 1.82) is 0 Å². The zero-order valence-corrected chi connectivity index (χ0v) is 19.8. The molecule has 8 heteroatoms. The van der Waals surface area contributed by atoms with Gasteiger partial charge in [0.15, 0.2) is 0 Å². The number of carbonyl (C=O) groups excluding carboxylic acids is 2. The molecule has 0 bridgehead atoms. The van der Waals surface area contributed by atoms with E-state index in [1.165, 1.54) is 11.8 Å². The predicted octanol–water partition coefficient (Wildman–Crippen LogP) is 4.49. The molecular formula is C23H27Cl2N3O2S. The van der Waals surface area contributed by atoms with Crippen molar-refractivity contribution in [3.8, 4) is 0 Å². The lowest BCUT2D eigenvalue weighted by molar-refractivity contribution is -0.123. The second-order valence-corrected chi connectivity index (χ2v) is 9.44. The minimum atomic E-state index is -0.613. The van der Waals surface area contributed by atoms with Gasteiger partial charge in [-0.25, -0.2) is 0 Å². The van der Waals surface area contributed by atoms with Crippen LogP contribution in [0.2, 0.25) is 10.0 Å². The van der Waals surface area contributed by atoms with E-state index < -0.39 is 6.04 Å². The van der Waals surface area contributed by atoms with Crippen LogP contribution >= 0.6 is 35.0 Å². The summed E-state index contributed by atoms with van der Waals surface area (Å²) in [4.78, 5) is 27.9. The van der Waals surface area contributed by atoms with Crippen LogP contribution < -0.4 is 15.5 Å². The quantitative estimate of drug-likeness (QED) is 0.556. The summed E-state index contributed by atoms with van der Waals surface area (Å²) >= 11 is 13.7. The predicted molar refractivity (Wildman–Crippen MR) is 130 cm³/mol. The molecule has 2 aromatic carbocycles. The van der Waals surface area contributed by atoms with Gasteiger partial charge in [0.25, 0.3) is 5.91 Å². The van der Waals surface area contributed by atoms with Gasteiger partial charge in [-0.1, -0.05) is 41.4 Å². The number of rotatable bonds is 9. The summed E-state index contributed by atoms with van der Waals surface area (Å²) in [6, 6.07) is 14.4. The first-order valence-electron chi connectivity index (χ1n) is 10.3. The molecule has 3 rings (SSSR count). The average molecular weight is 480 g/mol. The molecule has 0 radical (unpaired) electrons. The van der Waals surface area contributed by atoms with Gasteiger partial charge >= 0.3 is 0 Å². The fraction of sp³-hybridized carbons (Fsp3) is 0.391. The summed E-state index contributed by atoms with van der Waals surface area (Å²) in [5.74, 6) is 0.606. The number of anilines is 1. The highest BCUT2D eigenvalue weighted by atomic mass is 35.5. The molecule has 5 nitrogen and oxygen atoms in total. The molecule has 0 saturated carbocycles. The van der Waals surface area contributed by atoms with Gasteiger partial charge in [0.2, 0.25) is 5.91 Å². The Kier molecular flexibility index (Phi) is 8.93. The molecule has 1 aliphatic rings. The number of thioether (sulfide) groups is 1. The van der Waals surface area contributed by atoms with Gasteiger partial charge in [-0.2, -0.15) is 11.8 Å². The van der Waals surface area contributed by atoms with E-state index in [9.17, 15) is 9.59 Å². The molecule has 31 heavy (non-hydrogen) atoms. The van der Waals surface area contributed by atoms with Gasteiger partial charge in [0, 0.05) is 30.3 Å². The zero-order valence-electron chi connectivity index (χ0n) is 17.4. The van der Waals surface area contributed by atoms with E-state index in [2.05, 4.69) is 27.7 Å². The molecule has 2 N–H and O–H groups in total. The Balaban J connectivity index is 1.55. The number of halogens is 2. The maximum absolute atomic E-state index is 12.9. The molecule has 0 aliphatic carbocycles. The van der Waals surface area contributed by atoms with Crippen molar-refractivity contribution in [1.82, 2.24) is 10.6 Å². The Morgan fingerprint density at radius 2 is 1.97 bits per heavy atom. The number of carbonyl (C=O) groups is 2. The lowest BCUT2D eigenvalue weighted by Gasteiger charge is -2.21. The van der Waals surface area contributed by atoms with Crippen LogP contribution in [0.4, 0.5) is 5.69 Å².